The van der Waals surface area contributed by atoms with E-state index in [-0.39, 0.29) is 34.3 Å². The first-order chi connectivity index (χ1) is 17.3. The molecule has 8 nitrogen and oxygen atoms in total. The molecule has 1 aliphatic carbocycles. The van der Waals surface area contributed by atoms with E-state index in [1.54, 1.807) is 36.0 Å². The van der Waals surface area contributed by atoms with Gasteiger partial charge in [0.25, 0.3) is 0 Å². The molecule has 2 atom stereocenters. The van der Waals surface area contributed by atoms with Gasteiger partial charge in [0.1, 0.15) is 5.82 Å². The molecule has 192 valence electrons. The van der Waals surface area contributed by atoms with Gasteiger partial charge in [-0.3, -0.25) is 19.3 Å². The maximum Gasteiger partial charge on any atom is 0.303 e. The third kappa shape index (κ3) is 6.67. The number of halogens is 1. The Labute approximate surface area is 213 Å². The van der Waals surface area contributed by atoms with Gasteiger partial charge in [0.2, 0.25) is 0 Å². The van der Waals surface area contributed by atoms with Crippen LogP contribution in [-0.4, -0.2) is 60.2 Å². The van der Waals surface area contributed by atoms with Crippen molar-refractivity contribution in [2.75, 3.05) is 13.1 Å². The summed E-state index contributed by atoms with van der Waals surface area (Å²) in [5.74, 6) is -1.18. The van der Waals surface area contributed by atoms with Crippen LogP contribution in [0.25, 0.3) is 6.08 Å². The van der Waals surface area contributed by atoms with E-state index in [4.69, 9.17) is 5.11 Å². The zero-order valence-electron chi connectivity index (χ0n) is 20.3. The molecular weight excluding hydrogens is 483 g/mol. The molecule has 0 spiro atoms. The van der Waals surface area contributed by atoms with Crippen LogP contribution in [0.3, 0.4) is 0 Å². The van der Waals surface area contributed by atoms with Crippen LogP contribution in [0, 0.1) is 11.7 Å². The molecule has 1 saturated carbocycles. The van der Waals surface area contributed by atoms with Crippen molar-refractivity contribution in [3.8, 4) is 0 Å². The molecule has 2 heterocycles. The Morgan fingerprint density at radius 3 is 2.69 bits per heavy atom. The Balaban J connectivity index is 1.60. The van der Waals surface area contributed by atoms with Gasteiger partial charge >= 0.3 is 5.97 Å². The summed E-state index contributed by atoms with van der Waals surface area (Å²) in [6.45, 7) is 3.07. The van der Waals surface area contributed by atoms with Crippen molar-refractivity contribution in [2.45, 2.75) is 63.3 Å². The normalized spacial score (nSPS) is 20.4. The average molecular weight is 515 g/mol. The summed E-state index contributed by atoms with van der Waals surface area (Å²) >= 11 is 1.27. The fraction of sp³-hybridized carbons (Fsp3) is 0.500. The number of hydrogen-bond donors (Lipinski definition) is 1. The van der Waals surface area contributed by atoms with Gasteiger partial charge in [-0.25, -0.2) is 9.07 Å². The minimum atomic E-state index is -0.826. The summed E-state index contributed by atoms with van der Waals surface area (Å²) in [7, 11) is 0. The number of aliphatic carboxylic acids is 1. The predicted octanol–water partition coefficient (Wildman–Crippen LogP) is 4.13. The second-order valence-electron chi connectivity index (χ2n) is 9.41. The molecule has 1 saturated heterocycles. The van der Waals surface area contributed by atoms with E-state index < -0.39 is 12.0 Å². The zero-order chi connectivity index (χ0) is 25.7. The van der Waals surface area contributed by atoms with Crippen molar-refractivity contribution >= 4 is 34.7 Å². The number of carbonyl (C=O) groups is 3. The molecule has 2 aliphatic rings. The monoisotopic (exact) mass is 514 g/mol. The van der Waals surface area contributed by atoms with E-state index in [1.807, 2.05) is 11.0 Å². The summed E-state index contributed by atoms with van der Waals surface area (Å²) in [5, 5.41) is 17.0. The highest BCUT2D eigenvalue weighted by Crippen LogP contribution is 2.40. The number of carboxylic acids is 1. The van der Waals surface area contributed by atoms with Crippen LogP contribution in [-0.2, 0) is 20.9 Å². The second-order valence-corrected chi connectivity index (χ2v) is 10.8. The number of aryl methyl sites for hydroxylation is 1. The number of carboxylic acid groups (broad SMARTS) is 1. The maximum atomic E-state index is 14.8. The lowest BCUT2D eigenvalue weighted by atomic mass is 9.93. The molecule has 1 aromatic carbocycles. The first-order valence-electron chi connectivity index (χ1n) is 12.3. The molecule has 0 amide bonds. The molecule has 36 heavy (non-hydrogen) atoms. The van der Waals surface area contributed by atoms with Crippen LogP contribution in [0.5, 0.6) is 0 Å². The predicted molar refractivity (Wildman–Crippen MR) is 135 cm³/mol. The van der Waals surface area contributed by atoms with Gasteiger partial charge in [-0.2, -0.15) is 0 Å². The van der Waals surface area contributed by atoms with Crippen LogP contribution in [0.15, 0.2) is 36.0 Å². The smallest absolute Gasteiger partial charge is 0.303 e. The third-order valence-electron chi connectivity index (χ3n) is 6.59. The Morgan fingerprint density at radius 2 is 2.00 bits per heavy atom. The molecule has 2 fully saturated rings. The number of aromatic nitrogens is 3. The van der Waals surface area contributed by atoms with Gasteiger partial charge in [-0.1, -0.05) is 35.2 Å². The van der Waals surface area contributed by atoms with Gasteiger partial charge in [0.15, 0.2) is 10.9 Å². The van der Waals surface area contributed by atoms with Crippen LogP contribution >= 0.6 is 11.8 Å². The van der Waals surface area contributed by atoms with E-state index in [2.05, 4.69) is 10.3 Å². The number of thioether (sulfide) groups is 1. The number of Topliss-reactive ketones (excluding diaryl/α,β-unsaturated/α-hetero) is 1. The quantitative estimate of drug-likeness (QED) is 0.446. The Hall–Kier alpha value is -2.85. The van der Waals surface area contributed by atoms with Crippen LogP contribution in [0.4, 0.5) is 4.39 Å². The summed E-state index contributed by atoms with van der Waals surface area (Å²) in [6.07, 6.45) is 7.23. The molecule has 1 aromatic heterocycles. The fourth-order valence-electron chi connectivity index (χ4n) is 4.67. The highest BCUT2D eigenvalue weighted by atomic mass is 32.2. The molecule has 0 bridgehead atoms. The van der Waals surface area contributed by atoms with Gasteiger partial charge in [0, 0.05) is 49.7 Å². The van der Waals surface area contributed by atoms with Gasteiger partial charge in [-0.05, 0) is 49.8 Å². The summed E-state index contributed by atoms with van der Waals surface area (Å²) in [6, 6.07) is 5.81. The molecule has 0 radical (unpaired) electrons. The number of piperidine rings is 1. The lowest BCUT2D eigenvalue weighted by Crippen LogP contribution is -2.43. The van der Waals surface area contributed by atoms with Gasteiger partial charge in [-0.15, -0.1) is 5.10 Å². The molecule has 2 unspecified atom stereocenters. The largest absolute Gasteiger partial charge is 0.481 e. The Kier molecular flexibility index (Phi) is 8.68. The number of hydrogen-bond acceptors (Lipinski definition) is 7. The summed E-state index contributed by atoms with van der Waals surface area (Å²) < 4.78 is 16.6. The molecule has 4 rings (SSSR count). The lowest BCUT2D eigenvalue weighted by molar-refractivity contribution is -0.137. The number of nitrogens with zero attached hydrogens (tertiary/aromatic N) is 4. The third-order valence-corrected chi connectivity index (χ3v) is 7.75. The van der Waals surface area contributed by atoms with Crippen molar-refractivity contribution in [1.29, 1.82) is 0 Å². The zero-order valence-corrected chi connectivity index (χ0v) is 21.1. The highest BCUT2D eigenvalue weighted by Gasteiger charge is 2.41. The summed E-state index contributed by atoms with van der Waals surface area (Å²) in [4.78, 5) is 38.1. The minimum absolute atomic E-state index is 0.0133. The van der Waals surface area contributed by atoms with E-state index in [0.29, 0.717) is 44.5 Å². The van der Waals surface area contributed by atoms with Gasteiger partial charge < -0.3 is 5.11 Å². The first-order valence-corrected chi connectivity index (χ1v) is 13.2. The lowest BCUT2D eigenvalue weighted by Gasteiger charge is -2.38. The second kappa shape index (κ2) is 11.9. The molecule has 1 aliphatic heterocycles. The topological polar surface area (TPSA) is 105 Å². The standard InChI is InChI=1S/C26H31FN4O4S/c1-17(32)36-23-11-13-30(25(26(35)18-9-10-18)21-6-2-3-7-22(21)27)16-19(23)14-20-15-28-29-31(20)12-5-4-8-24(33)34/h2-3,6-7,14-15,18,23,25H,4-5,8-13,16H2,1H3,(H,33,34)/b19-14-. The van der Waals surface area contributed by atoms with E-state index in [0.717, 1.165) is 24.1 Å². The van der Waals surface area contributed by atoms with Crippen LogP contribution < -0.4 is 0 Å². The van der Waals surface area contributed by atoms with E-state index in [1.165, 1.54) is 17.8 Å². The molecular formula is C26H31FN4O4S. The van der Waals surface area contributed by atoms with Gasteiger partial charge in [0.05, 0.1) is 17.9 Å². The van der Waals surface area contributed by atoms with Crippen LogP contribution in [0.1, 0.15) is 62.7 Å². The number of carbonyl (C=O) groups excluding carboxylic acids is 2. The summed E-state index contributed by atoms with van der Waals surface area (Å²) in [5.41, 5.74) is 2.12. The van der Waals surface area contributed by atoms with Crippen molar-refractivity contribution < 1.29 is 23.9 Å². The Bertz CT molecular complexity index is 1150. The Morgan fingerprint density at radius 1 is 1.22 bits per heavy atom. The van der Waals surface area contributed by atoms with E-state index >= 15 is 0 Å². The van der Waals surface area contributed by atoms with Crippen molar-refractivity contribution in [3.05, 3.63) is 53.1 Å². The SMILES string of the molecule is CC(=O)SC1CCN(C(C(=O)C2CC2)c2ccccc2F)C/C1=C/c1cnnn1CCCCC(=O)O. The van der Waals surface area contributed by atoms with Crippen molar-refractivity contribution in [1.82, 2.24) is 19.9 Å². The van der Waals surface area contributed by atoms with Crippen LogP contribution in [0.2, 0.25) is 0 Å². The molecule has 10 heteroatoms. The number of rotatable bonds is 11. The average Bonchev–Trinajstić information content (AvgIpc) is 3.60. The maximum absolute atomic E-state index is 14.8. The fourth-order valence-corrected chi connectivity index (χ4v) is 5.59. The molecule has 2 aromatic rings. The molecule has 1 N–H and O–H groups in total. The number of unbranched alkanes of at least 4 members (excludes halogenated alkanes) is 1. The van der Waals surface area contributed by atoms with E-state index in [9.17, 15) is 18.8 Å². The van der Waals surface area contributed by atoms with Crippen molar-refractivity contribution in [2.24, 2.45) is 5.92 Å². The first kappa shape index (κ1) is 26.2. The number of ketones is 1. The highest BCUT2D eigenvalue weighted by molar-refractivity contribution is 8.14. The number of benzene rings is 1. The number of likely N-dealkylation sites (tertiary alicyclic amines) is 1. The minimum Gasteiger partial charge on any atom is -0.481 e. The van der Waals surface area contributed by atoms with Crippen molar-refractivity contribution in [3.63, 3.8) is 0 Å².